The van der Waals surface area contributed by atoms with E-state index in [-0.39, 0.29) is 29.3 Å². The molecule has 7 nitrogen and oxygen atoms in total. The van der Waals surface area contributed by atoms with Gasteiger partial charge >= 0.3 is 5.97 Å². The number of rotatable bonds is 5. The van der Waals surface area contributed by atoms with Crippen LogP contribution in [-0.2, 0) is 10.3 Å². The molecule has 1 saturated carbocycles. The zero-order chi connectivity index (χ0) is 26.3. The number of aromatic amines is 1. The predicted octanol–water partition coefficient (Wildman–Crippen LogP) is 6.46. The molecule has 4 atom stereocenters. The van der Waals surface area contributed by atoms with Crippen molar-refractivity contribution in [2.24, 2.45) is 5.92 Å². The van der Waals surface area contributed by atoms with Crippen LogP contribution < -0.4 is 5.32 Å². The number of imidazole rings is 1. The summed E-state index contributed by atoms with van der Waals surface area (Å²) in [6.45, 7) is 2.97. The standard InChI is InChI=1S/C28H24Cl2N4O3S/c1-13-23(25-31-19-7-4-15(26(35)36)8-21(19)32-25)24(22-10-17(30)12-38-22)28(34(13)11-14-2-3-14)18-6-5-16(29)9-20(18)33-27(28)37/h4-10,12-14,23-24H,2-3,11H2,1H3,(H,31,32)(H,33,37)(H,35,36)/t13-,23+,24-,28+/m0/s1. The van der Waals surface area contributed by atoms with Crippen molar-refractivity contribution in [2.75, 3.05) is 11.9 Å². The van der Waals surface area contributed by atoms with Crippen LogP contribution in [-0.4, -0.2) is 44.4 Å². The molecule has 2 aliphatic heterocycles. The second kappa shape index (κ2) is 8.55. The topological polar surface area (TPSA) is 98.3 Å². The molecule has 1 saturated heterocycles. The number of fused-ring (bicyclic) bond motifs is 3. The van der Waals surface area contributed by atoms with E-state index >= 15 is 0 Å². The zero-order valence-corrected chi connectivity index (χ0v) is 22.7. The molecule has 2 aromatic carbocycles. The van der Waals surface area contributed by atoms with E-state index in [1.54, 1.807) is 29.5 Å². The second-order valence-electron chi connectivity index (χ2n) is 10.6. The molecule has 1 spiro atoms. The molecule has 0 bridgehead atoms. The summed E-state index contributed by atoms with van der Waals surface area (Å²) in [5, 5.41) is 15.8. The Morgan fingerprint density at radius 2 is 2.00 bits per heavy atom. The van der Waals surface area contributed by atoms with Crippen LogP contribution in [0.1, 0.15) is 58.2 Å². The van der Waals surface area contributed by atoms with Crippen molar-refractivity contribution in [3.05, 3.63) is 79.7 Å². The van der Waals surface area contributed by atoms with Gasteiger partial charge in [0.25, 0.3) is 0 Å². The van der Waals surface area contributed by atoms with Gasteiger partial charge < -0.3 is 15.4 Å². The number of halogens is 2. The van der Waals surface area contributed by atoms with Gasteiger partial charge in [-0.3, -0.25) is 9.69 Å². The van der Waals surface area contributed by atoms with E-state index in [0.29, 0.717) is 27.0 Å². The van der Waals surface area contributed by atoms with Crippen molar-refractivity contribution in [2.45, 2.75) is 43.2 Å². The minimum Gasteiger partial charge on any atom is -0.478 e. The van der Waals surface area contributed by atoms with Crippen molar-refractivity contribution in [1.82, 2.24) is 14.9 Å². The highest BCUT2D eigenvalue weighted by Crippen LogP contribution is 2.63. The smallest absolute Gasteiger partial charge is 0.335 e. The molecule has 1 aliphatic carbocycles. The molecule has 10 heteroatoms. The van der Waals surface area contributed by atoms with Crippen LogP contribution >= 0.6 is 34.5 Å². The summed E-state index contributed by atoms with van der Waals surface area (Å²) < 4.78 is 0. The third-order valence-electron chi connectivity index (χ3n) is 8.37. The van der Waals surface area contributed by atoms with Crippen molar-refractivity contribution < 1.29 is 14.7 Å². The lowest BCUT2D eigenvalue weighted by Crippen LogP contribution is -2.52. The normalized spacial score (nSPS) is 26.8. The van der Waals surface area contributed by atoms with Gasteiger partial charge in [-0.15, -0.1) is 11.3 Å². The molecule has 7 rings (SSSR count). The Kier molecular flexibility index (Phi) is 5.43. The number of thiophene rings is 1. The van der Waals surface area contributed by atoms with E-state index in [2.05, 4.69) is 22.1 Å². The summed E-state index contributed by atoms with van der Waals surface area (Å²) in [7, 11) is 0. The Labute approximate surface area is 232 Å². The van der Waals surface area contributed by atoms with E-state index in [1.165, 1.54) is 0 Å². The van der Waals surface area contributed by atoms with Gasteiger partial charge in [-0.25, -0.2) is 9.78 Å². The molecule has 2 fully saturated rings. The summed E-state index contributed by atoms with van der Waals surface area (Å²) in [4.78, 5) is 37.6. The van der Waals surface area contributed by atoms with Crippen molar-refractivity contribution in [3.63, 3.8) is 0 Å². The Morgan fingerprint density at radius 1 is 1.18 bits per heavy atom. The molecule has 0 radical (unpaired) electrons. The Hall–Kier alpha value is -2.91. The lowest BCUT2D eigenvalue weighted by molar-refractivity contribution is -0.127. The van der Waals surface area contributed by atoms with Crippen LogP contribution in [0.5, 0.6) is 0 Å². The van der Waals surface area contributed by atoms with E-state index in [0.717, 1.165) is 41.3 Å². The molecule has 3 N–H and O–H groups in total. The monoisotopic (exact) mass is 566 g/mol. The third kappa shape index (κ3) is 3.47. The Bertz CT molecular complexity index is 1630. The number of aromatic carboxylic acids is 1. The van der Waals surface area contributed by atoms with Gasteiger partial charge in [-0.2, -0.15) is 0 Å². The molecule has 194 valence electrons. The molecule has 0 unspecified atom stereocenters. The number of carboxylic acid groups (broad SMARTS) is 1. The van der Waals surface area contributed by atoms with Crippen LogP contribution in [0.3, 0.4) is 0 Å². The van der Waals surface area contributed by atoms with Crippen LogP contribution in [0.2, 0.25) is 10.0 Å². The van der Waals surface area contributed by atoms with E-state index in [1.807, 2.05) is 29.6 Å². The Morgan fingerprint density at radius 3 is 2.71 bits per heavy atom. The maximum absolute atomic E-state index is 14.3. The summed E-state index contributed by atoms with van der Waals surface area (Å²) in [6, 6.07) is 12.5. The molecule has 2 aromatic heterocycles. The molecule has 4 heterocycles. The highest BCUT2D eigenvalue weighted by molar-refractivity contribution is 7.10. The number of amides is 1. The Balaban J connectivity index is 1.47. The van der Waals surface area contributed by atoms with E-state index in [9.17, 15) is 14.7 Å². The fraction of sp³-hybridized carbons (Fsp3) is 0.321. The first-order chi connectivity index (χ1) is 18.3. The quantitative estimate of drug-likeness (QED) is 0.257. The number of hydrogen-bond donors (Lipinski definition) is 3. The number of carbonyl (C=O) groups is 2. The van der Waals surface area contributed by atoms with E-state index in [4.69, 9.17) is 28.2 Å². The minimum absolute atomic E-state index is 0.0478. The number of nitrogens with zero attached hydrogens (tertiary/aromatic N) is 2. The molecule has 4 aromatic rings. The molecule has 38 heavy (non-hydrogen) atoms. The van der Waals surface area contributed by atoms with Crippen LogP contribution in [0.25, 0.3) is 11.0 Å². The number of nitrogens with one attached hydrogen (secondary N) is 2. The number of anilines is 1. The fourth-order valence-electron chi connectivity index (χ4n) is 6.59. The fourth-order valence-corrected chi connectivity index (χ4v) is 8.05. The summed E-state index contributed by atoms with van der Waals surface area (Å²) >= 11 is 14.4. The lowest BCUT2D eigenvalue weighted by Gasteiger charge is -2.39. The van der Waals surface area contributed by atoms with Gasteiger partial charge in [0.2, 0.25) is 5.91 Å². The highest BCUT2D eigenvalue weighted by Gasteiger charge is 2.67. The second-order valence-corrected chi connectivity index (χ2v) is 12.4. The van der Waals surface area contributed by atoms with Gasteiger partial charge in [0.15, 0.2) is 0 Å². The van der Waals surface area contributed by atoms with Crippen LogP contribution in [0.15, 0.2) is 47.8 Å². The number of carboxylic acids is 1. The van der Waals surface area contributed by atoms with Gasteiger partial charge in [0.05, 0.1) is 21.6 Å². The van der Waals surface area contributed by atoms with Crippen LogP contribution in [0, 0.1) is 5.92 Å². The summed E-state index contributed by atoms with van der Waals surface area (Å²) in [6.07, 6.45) is 2.30. The predicted molar refractivity (Wildman–Crippen MR) is 149 cm³/mol. The average Bonchev–Trinajstić information content (AvgIpc) is 3.20. The largest absolute Gasteiger partial charge is 0.478 e. The number of aromatic nitrogens is 2. The number of hydrogen-bond acceptors (Lipinski definition) is 5. The third-order valence-corrected chi connectivity index (χ3v) is 9.97. The molecule has 1 amide bonds. The summed E-state index contributed by atoms with van der Waals surface area (Å²) in [5.74, 6) is -0.248. The first kappa shape index (κ1) is 24.2. The minimum atomic E-state index is -0.990. The summed E-state index contributed by atoms with van der Waals surface area (Å²) in [5.41, 5.74) is 2.24. The van der Waals surface area contributed by atoms with Gasteiger partial charge in [-0.05, 0) is 62.1 Å². The molecular formula is C28H24Cl2N4O3S. The van der Waals surface area contributed by atoms with Crippen molar-refractivity contribution >= 4 is 63.1 Å². The first-order valence-electron chi connectivity index (χ1n) is 12.6. The van der Waals surface area contributed by atoms with Gasteiger partial charge in [0, 0.05) is 51.0 Å². The lowest BCUT2D eigenvalue weighted by atomic mass is 9.74. The molecular weight excluding hydrogens is 543 g/mol. The molecule has 3 aliphatic rings. The van der Waals surface area contributed by atoms with Gasteiger partial charge in [0.1, 0.15) is 11.4 Å². The highest BCUT2D eigenvalue weighted by atomic mass is 35.5. The maximum Gasteiger partial charge on any atom is 0.335 e. The van der Waals surface area contributed by atoms with Crippen molar-refractivity contribution in [3.8, 4) is 0 Å². The zero-order valence-electron chi connectivity index (χ0n) is 20.4. The average molecular weight is 567 g/mol. The SMILES string of the molecule is C[C@H]1[C@@H](c2nc3ccc(C(=O)O)cc3[nH]2)[C@H](c2cc(Cl)cs2)[C@]2(C(=O)Nc3cc(Cl)ccc32)N1CC1CC1. The first-order valence-corrected chi connectivity index (χ1v) is 14.3. The van der Waals surface area contributed by atoms with Crippen molar-refractivity contribution in [1.29, 1.82) is 0 Å². The number of likely N-dealkylation sites (tertiary alicyclic amines) is 1. The van der Waals surface area contributed by atoms with Crippen LogP contribution in [0.4, 0.5) is 5.69 Å². The number of carbonyl (C=O) groups excluding carboxylic acids is 1. The number of benzene rings is 2. The van der Waals surface area contributed by atoms with E-state index < -0.39 is 11.5 Å². The number of H-pyrrole nitrogens is 1. The van der Waals surface area contributed by atoms with Gasteiger partial charge in [-0.1, -0.05) is 29.3 Å². The maximum atomic E-state index is 14.3.